The van der Waals surface area contributed by atoms with E-state index in [2.05, 4.69) is 33.5 Å². The first-order valence-corrected chi connectivity index (χ1v) is 6.39. The van der Waals surface area contributed by atoms with Gasteiger partial charge in [0.1, 0.15) is 5.82 Å². The Labute approximate surface area is 105 Å². The molecule has 2 N–H and O–H groups in total. The van der Waals surface area contributed by atoms with Crippen molar-refractivity contribution in [2.75, 3.05) is 19.6 Å². The molecule has 1 aromatic rings. The van der Waals surface area contributed by atoms with Crippen molar-refractivity contribution in [1.29, 1.82) is 0 Å². The first-order valence-electron chi connectivity index (χ1n) is 5.60. The van der Waals surface area contributed by atoms with E-state index in [1.807, 2.05) is 6.07 Å². The molecule has 0 heterocycles. The average Bonchev–Trinajstić information content (AvgIpc) is 2.26. The minimum absolute atomic E-state index is 0.164. The molecular formula is C12H18BrFN2. The van der Waals surface area contributed by atoms with E-state index in [0.29, 0.717) is 12.1 Å². The third-order valence-corrected chi connectivity index (χ3v) is 3.01. The van der Waals surface area contributed by atoms with Gasteiger partial charge < -0.3 is 10.6 Å². The van der Waals surface area contributed by atoms with Gasteiger partial charge in [-0.3, -0.25) is 0 Å². The average molecular weight is 289 g/mol. The molecule has 0 radical (unpaired) electrons. The summed E-state index contributed by atoms with van der Waals surface area (Å²) in [5.41, 5.74) is 0.693. The first kappa shape index (κ1) is 13.6. The number of nitrogens with one attached hydrogen (secondary N) is 2. The lowest BCUT2D eigenvalue weighted by Gasteiger charge is -2.08. The van der Waals surface area contributed by atoms with Crippen molar-refractivity contribution in [3.05, 3.63) is 34.1 Å². The molecule has 0 aliphatic heterocycles. The molecule has 4 heteroatoms. The van der Waals surface area contributed by atoms with Crippen molar-refractivity contribution in [2.24, 2.45) is 0 Å². The number of hydrogen-bond acceptors (Lipinski definition) is 2. The summed E-state index contributed by atoms with van der Waals surface area (Å²) >= 11 is 3.35. The summed E-state index contributed by atoms with van der Waals surface area (Å²) in [4.78, 5) is 0. The molecule has 1 rings (SSSR count). The molecule has 16 heavy (non-hydrogen) atoms. The third kappa shape index (κ3) is 4.60. The second-order valence-electron chi connectivity index (χ2n) is 3.63. The smallest absolute Gasteiger partial charge is 0.128 e. The van der Waals surface area contributed by atoms with Gasteiger partial charge >= 0.3 is 0 Å². The lowest BCUT2D eigenvalue weighted by molar-refractivity contribution is 0.571. The zero-order valence-corrected chi connectivity index (χ0v) is 11.1. The van der Waals surface area contributed by atoms with Crippen LogP contribution in [0.15, 0.2) is 22.7 Å². The van der Waals surface area contributed by atoms with Crippen LogP contribution in [-0.4, -0.2) is 19.6 Å². The summed E-state index contributed by atoms with van der Waals surface area (Å²) in [6.07, 6.45) is 1.14. The molecule has 0 aromatic heterocycles. The zero-order valence-electron chi connectivity index (χ0n) is 9.52. The maximum Gasteiger partial charge on any atom is 0.128 e. The Balaban J connectivity index is 2.26. The molecule has 0 aliphatic rings. The molecule has 0 unspecified atom stereocenters. The monoisotopic (exact) mass is 288 g/mol. The lowest BCUT2D eigenvalue weighted by Crippen LogP contribution is -2.27. The Hall–Kier alpha value is -0.450. The lowest BCUT2D eigenvalue weighted by atomic mass is 10.2. The van der Waals surface area contributed by atoms with Gasteiger partial charge in [0.05, 0.1) is 0 Å². The summed E-state index contributed by atoms with van der Waals surface area (Å²) in [6, 6.07) is 5.04. The Morgan fingerprint density at radius 1 is 1.19 bits per heavy atom. The van der Waals surface area contributed by atoms with Gasteiger partial charge in [-0.1, -0.05) is 28.9 Å². The SMILES string of the molecule is CCCNCCNCc1c(F)cccc1Br. The van der Waals surface area contributed by atoms with Gasteiger partial charge in [-0.15, -0.1) is 0 Å². The highest BCUT2D eigenvalue weighted by Gasteiger charge is 2.04. The number of rotatable bonds is 7. The molecule has 0 saturated heterocycles. The maximum absolute atomic E-state index is 13.4. The van der Waals surface area contributed by atoms with Gasteiger partial charge in [0.15, 0.2) is 0 Å². The van der Waals surface area contributed by atoms with E-state index in [0.717, 1.165) is 30.5 Å². The van der Waals surface area contributed by atoms with Crippen LogP contribution in [0.5, 0.6) is 0 Å². The van der Waals surface area contributed by atoms with Crippen molar-refractivity contribution in [1.82, 2.24) is 10.6 Å². The number of benzene rings is 1. The van der Waals surface area contributed by atoms with Gasteiger partial charge in [-0.05, 0) is 25.1 Å². The van der Waals surface area contributed by atoms with Crippen LogP contribution in [-0.2, 0) is 6.54 Å². The van der Waals surface area contributed by atoms with E-state index < -0.39 is 0 Å². The molecular weight excluding hydrogens is 271 g/mol. The Morgan fingerprint density at radius 3 is 2.62 bits per heavy atom. The van der Waals surface area contributed by atoms with Crippen LogP contribution in [0.4, 0.5) is 4.39 Å². The van der Waals surface area contributed by atoms with E-state index in [9.17, 15) is 4.39 Å². The van der Waals surface area contributed by atoms with Gasteiger partial charge in [0, 0.05) is 29.7 Å². The normalized spacial score (nSPS) is 10.7. The molecule has 2 nitrogen and oxygen atoms in total. The molecule has 0 spiro atoms. The van der Waals surface area contributed by atoms with Gasteiger partial charge in [0.25, 0.3) is 0 Å². The molecule has 0 saturated carbocycles. The summed E-state index contributed by atoms with van der Waals surface area (Å²) < 4.78 is 14.2. The molecule has 0 fully saturated rings. The van der Waals surface area contributed by atoms with E-state index in [4.69, 9.17) is 0 Å². The summed E-state index contributed by atoms with van der Waals surface area (Å²) in [6.45, 7) is 5.49. The molecule has 0 atom stereocenters. The predicted octanol–water partition coefficient (Wildman–Crippen LogP) is 2.68. The van der Waals surface area contributed by atoms with E-state index in [1.165, 1.54) is 6.07 Å². The summed E-state index contributed by atoms with van der Waals surface area (Å²) in [5, 5.41) is 6.49. The van der Waals surface area contributed by atoms with Crippen LogP contribution in [0.25, 0.3) is 0 Å². The highest BCUT2D eigenvalue weighted by atomic mass is 79.9. The topological polar surface area (TPSA) is 24.1 Å². The fraction of sp³-hybridized carbons (Fsp3) is 0.500. The van der Waals surface area contributed by atoms with Crippen molar-refractivity contribution in [2.45, 2.75) is 19.9 Å². The molecule has 90 valence electrons. The third-order valence-electron chi connectivity index (χ3n) is 2.27. The zero-order chi connectivity index (χ0) is 11.8. The second kappa shape index (κ2) is 7.76. The van der Waals surface area contributed by atoms with Crippen LogP contribution in [0.1, 0.15) is 18.9 Å². The van der Waals surface area contributed by atoms with Crippen molar-refractivity contribution < 1.29 is 4.39 Å². The standard InChI is InChI=1S/C12H18BrFN2/c1-2-6-15-7-8-16-9-10-11(13)4-3-5-12(10)14/h3-5,15-16H,2,6-9H2,1H3. The Morgan fingerprint density at radius 2 is 1.94 bits per heavy atom. The van der Waals surface area contributed by atoms with E-state index >= 15 is 0 Å². The molecule has 0 aliphatic carbocycles. The predicted molar refractivity (Wildman–Crippen MR) is 69.0 cm³/mol. The van der Waals surface area contributed by atoms with Crippen LogP contribution in [0, 0.1) is 5.82 Å². The van der Waals surface area contributed by atoms with E-state index in [1.54, 1.807) is 6.07 Å². The number of hydrogen-bond donors (Lipinski definition) is 2. The molecule has 1 aromatic carbocycles. The molecule has 0 bridgehead atoms. The van der Waals surface area contributed by atoms with Crippen LogP contribution in [0.2, 0.25) is 0 Å². The van der Waals surface area contributed by atoms with Crippen molar-refractivity contribution in [3.8, 4) is 0 Å². The van der Waals surface area contributed by atoms with Gasteiger partial charge in [0.2, 0.25) is 0 Å². The fourth-order valence-corrected chi connectivity index (χ4v) is 1.88. The highest BCUT2D eigenvalue weighted by molar-refractivity contribution is 9.10. The van der Waals surface area contributed by atoms with Crippen LogP contribution in [0.3, 0.4) is 0 Å². The van der Waals surface area contributed by atoms with Crippen molar-refractivity contribution >= 4 is 15.9 Å². The fourth-order valence-electron chi connectivity index (χ4n) is 1.39. The second-order valence-corrected chi connectivity index (χ2v) is 4.48. The van der Waals surface area contributed by atoms with E-state index in [-0.39, 0.29) is 5.82 Å². The summed E-state index contributed by atoms with van der Waals surface area (Å²) in [7, 11) is 0. The Bertz CT molecular complexity index is 298. The highest BCUT2D eigenvalue weighted by Crippen LogP contribution is 2.18. The van der Waals surface area contributed by atoms with Crippen LogP contribution < -0.4 is 10.6 Å². The van der Waals surface area contributed by atoms with Gasteiger partial charge in [-0.25, -0.2) is 4.39 Å². The quantitative estimate of drug-likeness (QED) is 0.754. The van der Waals surface area contributed by atoms with Gasteiger partial charge in [-0.2, -0.15) is 0 Å². The van der Waals surface area contributed by atoms with Crippen molar-refractivity contribution in [3.63, 3.8) is 0 Å². The minimum Gasteiger partial charge on any atom is -0.315 e. The van der Waals surface area contributed by atoms with Crippen LogP contribution >= 0.6 is 15.9 Å². The maximum atomic E-state index is 13.4. The largest absolute Gasteiger partial charge is 0.315 e. The number of halogens is 2. The molecule has 0 amide bonds. The first-order chi connectivity index (χ1) is 7.75. The minimum atomic E-state index is -0.164. The Kier molecular flexibility index (Phi) is 6.61. The summed E-state index contributed by atoms with van der Waals surface area (Å²) in [5.74, 6) is -0.164.